The SMILES string of the molecule is CNc1ccc(S(=O)(=O)NC2CC(OC)C2)cc1[N+](=O)[O-]. The van der Waals surface area contributed by atoms with E-state index < -0.39 is 14.9 Å². The van der Waals surface area contributed by atoms with Crippen molar-refractivity contribution in [3.05, 3.63) is 28.3 Å². The van der Waals surface area contributed by atoms with Crippen LogP contribution in [-0.4, -0.2) is 39.6 Å². The molecule has 1 aromatic carbocycles. The lowest BCUT2D eigenvalue weighted by Gasteiger charge is -2.34. The summed E-state index contributed by atoms with van der Waals surface area (Å²) in [6.45, 7) is 0. The maximum atomic E-state index is 12.2. The Labute approximate surface area is 122 Å². The Morgan fingerprint density at radius 2 is 2.05 bits per heavy atom. The number of rotatable bonds is 6. The quantitative estimate of drug-likeness (QED) is 0.600. The van der Waals surface area contributed by atoms with Crippen LogP contribution in [0, 0.1) is 10.1 Å². The zero-order valence-electron chi connectivity index (χ0n) is 11.7. The monoisotopic (exact) mass is 315 g/mol. The van der Waals surface area contributed by atoms with E-state index in [9.17, 15) is 18.5 Å². The average Bonchev–Trinajstić information content (AvgIpc) is 2.41. The van der Waals surface area contributed by atoms with Crippen molar-refractivity contribution in [3.8, 4) is 0 Å². The molecule has 0 aromatic heterocycles. The van der Waals surface area contributed by atoms with Crippen LogP contribution in [0.4, 0.5) is 11.4 Å². The van der Waals surface area contributed by atoms with E-state index in [0.29, 0.717) is 12.8 Å². The minimum Gasteiger partial charge on any atom is -0.383 e. The number of nitrogens with zero attached hydrogens (tertiary/aromatic N) is 1. The third kappa shape index (κ3) is 3.31. The molecule has 1 aliphatic rings. The van der Waals surface area contributed by atoms with E-state index in [1.807, 2.05) is 0 Å². The predicted octanol–water partition coefficient (Wildman–Crippen LogP) is 1.09. The Bertz CT molecular complexity index is 640. The first kappa shape index (κ1) is 15.7. The number of sulfonamides is 1. The zero-order chi connectivity index (χ0) is 15.6. The van der Waals surface area contributed by atoms with E-state index in [1.165, 1.54) is 19.2 Å². The molecule has 0 spiro atoms. The number of nitrogens with one attached hydrogen (secondary N) is 2. The normalized spacial score (nSPS) is 21.6. The molecule has 0 aliphatic heterocycles. The van der Waals surface area contributed by atoms with Crippen LogP contribution in [0.5, 0.6) is 0 Å². The Kier molecular flexibility index (Phi) is 4.45. The molecular weight excluding hydrogens is 298 g/mol. The third-order valence-corrected chi connectivity index (χ3v) is 5.01. The van der Waals surface area contributed by atoms with Gasteiger partial charge in [-0.25, -0.2) is 13.1 Å². The second-order valence-electron chi connectivity index (χ2n) is 4.83. The molecule has 0 amide bonds. The van der Waals surface area contributed by atoms with Crippen LogP contribution in [0.15, 0.2) is 23.1 Å². The summed E-state index contributed by atoms with van der Waals surface area (Å²) in [6.07, 6.45) is 1.28. The number of methoxy groups -OCH3 is 1. The molecule has 0 unspecified atom stereocenters. The fourth-order valence-corrected chi connectivity index (χ4v) is 3.46. The number of benzene rings is 1. The molecule has 1 aromatic rings. The summed E-state index contributed by atoms with van der Waals surface area (Å²) < 4.78 is 32.0. The van der Waals surface area contributed by atoms with E-state index in [4.69, 9.17) is 4.74 Å². The molecule has 0 radical (unpaired) electrons. The molecule has 0 atom stereocenters. The van der Waals surface area contributed by atoms with Gasteiger partial charge >= 0.3 is 0 Å². The average molecular weight is 315 g/mol. The molecule has 9 heteroatoms. The summed E-state index contributed by atoms with van der Waals surface area (Å²) in [7, 11) is -0.656. The Morgan fingerprint density at radius 3 is 2.57 bits per heavy atom. The van der Waals surface area contributed by atoms with Gasteiger partial charge in [-0.05, 0) is 25.0 Å². The van der Waals surface area contributed by atoms with E-state index >= 15 is 0 Å². The van der Waals surface area contributed by atoms with Crippen LogP contribution in [-0.2, 0) is 14.8 Å². The summed E-state index contributed by atoms with van der Waals surface area (Å²) in [5, 5.41) is 13.6. The summed E-state index contributed by atoms with van der Waals surface area (Å²) in [5.41, 5.74) is -0.00852. The number of ether oxygens (including phenoxy) is 1. The van der Waals surface area contributed by atoms with Crippen molar-refractivity contribution in [1.29, 1.82) is 0 Å². The van der Waals surface area contributed by atoms with Crippen molar-refractivity contribution >= 4 is 21.4 Å². The predicted molar refractivity (Wildman–Crippen MR) is 76.8 cm³/mol. The van der Waals surface area contributed by atoms with E-state index in [1.54, 1.807) is 7.11 Å². The first-order chi connectivity index (χ1) is 9.87. The van der Waals surface area contributed by atoms with Gasteiger partial charge in [0.15, 0.2) is 0 Å². The van der Waals surface area contributed by atoms with Crippen LogP contribution >= 0.6 is 0 Å². The molecule has 1 fully saturated rings. The van der Waals surface area contributed by atoms with Gasteiger partial charge < -0.3 is 10.1 Å². The highest BCUT2D eigenvalue weighted by molar-refractivity contribution is 7.89. The molecule has 1 aliphatic carbocycles. The number of nitro benzene ring substituents is 1. The smallest absolute Gasteiger partial charge is 0.293 e. The second kappa shape index (κ2) is 5.96. The first-order valence-electron chi connectivity index (χ1n) is 6.38. The van der Waals surface area contributed by atoms with Crippen molar-refractivity contribution < 1.29 is 18.1 Å². The standard InChI is InChI=1S/C12H17N3O5S/c1-13-11-4-3-10(7-12(11)15(16)17)21(18,19)14-8-5-9(6-8)20-2/h3-4,7-9,13-14H,5-6H2,1-2H3. The fraction of sp³-hybridized carbons (Fsp3) is 0.500. The van der Waals surface area contributed by atoms with Crippen LogP contribution in [0.25, 0.3) is 0 Å². The van der Waals surface area contributed by atoms with Crippen molar-refractivity contribution in [3.63, 3.8) is 0 Å². The lowest BCUT2D eigenvalue weighted by molar-refractivity contribution is -0.384. The van der Waals surface area contributed by atoms with Crippen LogP contribution in [0.1, 0.15) is 12.8 Å². The van der Waals surface area contributed by atoms with Crippen molar-refractivity contribution in [2.75, 3.05) is 19.5 Å². The van der Waals surface area contributed by atoms with Gasteiger partial charge in [0, 0.05) is 26.3 Å². The maximum absolute atomic E-state index is 12.2. The van der Waals surface area contributed by atoms with Gasteiger partial charge in [0.2, 0.25) is 10.0 Å². The molecule has 8 nitrogen and oxygen atoms in total. The topological polar surface area (TPSA) is 111 Å². The lowest BCUT2D eigenvalue weighted by Crippen LogP contribution is -2.47. The highest BCUT2D eigenvalue weighted by atomic mass is 32.2. The summed E-state index contributed by atoms with van der Waals surface area (Å²) in [4.78, 5) is 10.2. The summed E-state index contributed by atoms with van der Waals surface area (Å²) in [5.74, 6) is 0. The minimum atomic E-state index is -3.77. The van der Waals surface area contributed by atoms with Gasteiger partial charge in [-0.3, -0.25) is 10.1 Å². The minimum absolute atomic E-state index is 0.0682. The van der Waals surface area contributed by atoms with Crippen molar-refractivity contribution in [2.45, 2.75) is 29.9 Å². The Hall–Kier alpha value is -1.71. The zero-order valence-corrected chi connectivity index (χ0v) is 12.5. The lowest BCUT2D eigenvalue weighted by atomic mass is 9.90. The molecule has 1 saturated carbocycles. The summed E-state index contributed by atoms with van der Waals surface area (Å²) in [6, 6.07) is 3.59. The molecule has 0 saturated heterocycles. The molecule has 21 heavy (non-hydrogen) atoms. The fourth-order valence-electron chi connectivity index (χ4n) is 2.18. The van der Waals surface area contributed by atoms with E-state index in [2.05, 4.69) is 10.0 Å². The second-order valence-corrected chi connectivity index (χ2v) is 6.55. The van der Waals surface area contributed by atoms with Crippen molar-refractivity contribution in [1.82, 2.24) is 4.72 Å². The highest BCUT2D eigenvalue weighted by Crippen LogP contribution is 2.29. The molecule has 2 N–H and O–H groups in total. The highest BCUT2D eigenvalue weighted by Gasteiger charge is 2.33. The Balaban J connectivity index is 2.20. The number of hydrogen-bond acceptors (Lipinski definition) is 6. The van der Waals surface area contributed by atoms with Gasteiger partial charge in [0.1, 0.15) is 5.69 Å². The first-order valence-corrected chi connectivity index (χ1v) is 7.87. The summed E-state index contributed by atoms with van der Waals surface area (Å²) >= 11 is 0. The Morgan fingerprint density at radius 1 is 1.38 bits per heavy atom. The van der Waals surface area contributed by atoms with E-state index in [0.717, 1.165) is 6.07 Å². The van der Waals surface area contributed by atoms with Gasteiger partial charge in [0.25, 0.3) is 5.69 Å². The van der Waals surface area contributed by atoms with E-state index in [-0.39, 0.29) is 28.4 Å². The third-order valence-electron chi connectivity index (χ3n) is 3.50. The molecular formula is C12H17N3O5S. The molecule has 116 valence electrons. The van der Waals surface area contributed by atoms with Gasteiger partial charge in [-0.2, -0.15) is 0 Å². The number of hydrogen-bond donors (Lipinski definition) is 2. The molecule has 0 heterocycles. The molecule has 0 bridgehead atoms. The van der Waals surface area contributed by atoms with Gasteiger partial charge in [-0.1, -0.05) is 0 Å². The van der Waals surface area contributed by atoms with Crippen molar-refractivity contribution in [2.24, 2.45) is 0 Å². The van der Waals surface area contributed by atoms with Gasteiger partial charge in [0.05, 0.1) is 15.9 Å². The van der Waals surface area contributed by atoms with Crippen LogP contribution in [0.3, 0.4) is 0 Å². The van der Waals surface area contributed by atoms with Gasteiger partial charge in [-0.15, -0.1) is 0 Å². The maximum Gasteiger partial charge on any atom is 0.293 e. The number of nitro groups is 1. The van der Waals surface area contributed by atoms with Crippen LogP contribution < -0.4 is 10.0 Å². The molecule has 2 rings (SSSR count). The largest absolute Gasteiger partial charge is 0.383 e. The van der Waals surface area contributed by atoms with Crippen LogP contribution in [0.2, 0.25) is 0 Å². The number of anilines is 1.